The molecule has 2 aromatic rings. The summed E-state index contributed by atoms with van der Waals surface area (Å²) < 4.78 is 5.04. The van der Waals surface area contributed by atoms with E-state index in [0.717, 1.165) is 11.3 Å². The summed E-state index contributed by atoms with van der Waals surface area (Å²) in [5, 5.41) is 9.71. The smallest absolute Gasteiger partial charge is 0.342 e. The lowest BCUT2D eigenvalue weighted by atomic mass is 10.1. The van der Waals surface area contributed by atoms with Gasteiger partial charge in [0, 0.05) is 12.2 Å². The number of carbonyl (C=O) groups excluding carboxylic acids is 2. The first-order valence-electron chi connectivity index (χ1n) is 7.35. The largest absolute Gasteiger partial charge is 0.507 e. The van der Waals surface area contributed by atoms with Crippen LogP contribution in [0.5, 0.6) is 5.75 Å². The second-order valence-corrected chi connectivity index (χ2v) is 5.07. The Morgan fingerprint density at radius 1 is 1.13 bits per heavy atom. The Balaban J connectivity index is 2.03. The molecule has 1 N–H and O–H groups in total. The first kappa shape index (κ1) is 16.5. The number of carbonyl (C=O) groups is 2. The molecule has 23 heavy (non-hydrogen) atoms. The molecule has 2 rings (SSSR count). The molecule has 5 heteroatoms. The Hall–Kier alpha value is -2.82. The number of hydrogen-bond donors (Lipinski definition) is 1. The van der Waals surface area contributed by atoms with Gasteiger partial charge in [0.05, 0.1) is 0 Å². The van der Waals surface area contributed by atoms with E-state index < -0.39 is 5.97 Å². The number of phenolic OH excluding ortho intramolecular Hbond substituents is 1. The second-order valence-electron chi connectivity index (χ2n) is 5.07. The van der Waals surface area contributed by atoms with E-state index in [0.29, 0.717) is 6.54 Å². The molecule has 120 valence electrons. The first-order chi connectivity index (χ1) is 11.0. The third-order valence-corrected chi connectivity index (χ3v) is 3.38. The van der Waals surface area contributed by atoms with E-state index in [1.165, 1.54) is 17.0 Å². The number of amides is 1. The minimum atomic E-state index is -0.719. The molecule has 0 unspecified atom stereocenters. The molecule has 0 aliphatic heterocycles. The van der Waals surface area contributed by atoms with Gasteiger partial charge in [0.15, 0.2) is 6.61 Å². The highest BCUT2D eigenvalue weighted by Gasteiger charge is 2.18. The van der Waals surface area contributed by atoms with Crippen molar-refractivity contribution in [2.24, 2.45) is 0 Å². The van der Waals surface area contributed by atoms with Crippen LogP contribution in [-0.4, -0.2) is 30.1 Å². The number of anilines is 1. The van der Waals surface area contributed by atoms with Gasteiger partial charge in [-0.25, -0.2) is 4.79 Å². The maximum Gasteiger partial charge on any atom is 0.342 e. The van der Waals surface area contributed by atoms with E-state index in [1.54, 1.807) is 13.0 Å². The zero-order valence-electron chi connectivity index (χ0n) is 13.2. The van der Waals surface area contributed by atoms with Gasteiger partial charge in [-0.2, -0.15) is 0 Å². The van der Waals surface area contributed by atoms with Crippen molar-refractivity contribution in [2.75, 3.05) is 18.1 Å². The van der Waals surface area contributed by atoms with Crippen molar-refractivity contribution in [1.29, 1.82) is 0 Å². The minimum absolute atomic E-state index is 0.0561. The standard InChI is InChI=1S/C18H19NO4/c1-3-19(14-7-5-4-6-8-14)17(21)12-23-18(22)15-11-13(2)9-10-16(15)20/h4-11,20H,3,12H2,1-2H3. The van der Waals surface area contributed by atoms with Crippen LogP contribution in [0, 0.1) is 6.92 Å². The van der Waals surface area contributed by atoms with Crippen LogP contribution >= 0.6 is 0 Å². The zero-order chi connectivity index (χ0) is 16.8. The van der Waals surface area contributed by atoms with Crippen LogP contribution in [0.2, 0.25) is 0 Å². The Morgan fingerprint density at radius 2 is 1.83 bits per heavy atom. The lowest BCUT2D eigenvalue weighted by molar-refractivity contribution is -0.121. The van der Waals surface area contributed by atoms with Gasteiger partial charge in [0.1, 0.15) is 11.3 Å². The van der Waals surface area contributed by atoms with Crippen LogP contribution in [0.3, 0.4) is 0 Å². The van der Waals surface area contributed by atoms with Crippen molar-refractivity contribution < 1.29 is 19.4 Å². The van der Waals surface area contributed by atoms with Gasteiger partial charge < -0.3 is 14.7 Å². The highest BCUT2D eigenvalue weighted by Crippen LogP contribution is 2.19. The first-order valence-corrected chi connectivity index (χ1v) is 7.35. The summed E-state index contributed by atoms with van der Waals surface area (Å²) in [5.74, 6) is -1.20. The molecule has 1 amide bonds. The number of aromatic hydroxyl groups is 1. The summed E-state index contributed by atoms with van der Waals surface area (Å²) >= 11 is 0. The van der Waals surface area contributed by atoms with E-state index in [4.69, 9.17) is 4.74 Å². The molecular weight excluding hydrogens is 294 g/mol. The third kappa shape index (κ3) is 4.10. The van der Waals surface area contributed by atoms with E-state index in [-0.39, 0.29) is 23.8 Å². The maximum atomic E-state index is 12.2. The van der Waals surface area contributed by atoms with Crippen molar-refractivity contribution in [1.82, 2.24) is 0 Å². The van der Waals surface area contributed by atoms with Crippen LogP contribution in [0.1, 0.15) is 22.8 Å². The number of para-hydroxylation sites is 1. The van der Waals surface area contributed by atoms with Gasteiger partial charge in [0.25, 0.3) is 5.91 Å². The number of phenols is 1. The minimum Gasteiger partial charge on any atom is -0.507 e. The van der Waals surface area contributed by atoms with Gasteiger partial charge in [-0.3, -0.25) is 4.79 Å². The topological polar surface area (TPSA) is 66.8 Å². The third-order valence-electron chi connectivity index (χ3n) is 3.38. The van der Waals surface area contributed by atoms with Crippen molar-refractivity contribution >= 4 is 17.6 Å². The van der Waals surface area contributed by atoms with Gasteiger partial charge >= 0.3 is 5.97 Å². The van der Waals surface area contributed by atoms with Crippen LogP contribution in [0.15, 0.2) is 48.5 Å². The molecule has 0 atom stereocenters. The predicted octanol–water partition coefficient (Wildman–Crippen LogP) is 2.91. The summed E-state index contributed by atoms with van der Waals surface area (Å²) in [7, 11) is 0. The molecule has 0 radical (unpaired) electrons. The zero-order valence-corrected chi connectivity index (χ0v) is 13.2. The molecule has 0 fully saturated rings. The molecule has 0 aliphatic rings. The normalized spacial score (nSPS) is 10.2. The average Bonchev–Trinajstić information content (AvgIpc) is 2.56. The average molecular weight is 313 g/mol. The highest BCUT2D eigenvalue weighted by atomic mass is 16.5. The molecule has 0 spiro atoms. The Kier molecular flexibility index (Phi) is 5.36. The van der Waals surface area contributed by atoms with Crippen molar-refractivity contribution in [3.8, 4) is 5.75 Å². The van der Waals surface area contributed by atoms with Gasteiger partial charge in [0.2, 0.25) is 0 Å². The molecule has 2 aromatic carbocycles. The number of esters is 1. The molecule has 0 aliphatic carbocycles. The molecular formula is C18H19NO4. The van der Waals surface area contributed by atoms with Crippen molar-refractivity contribution in [3.05, 3.63) is 59.7 Å². The Bertz CT molecular complexity index is 697. The maximum absolute atomic E-state index is 12.2. The summed E-state index contributed by atoms with van der Waals surface area (Å²) in [6.07, 6.45) is 0. The number of aryl methyl sites for hydroxylation is 1. The summed E-state index contributed by atoms with van der Waals surface area (Å²) in [5.41, 5.74) is 1.62. The van der Waals surface area contributed by atoms with Crippen LogP contribution in [0.4, 0.5) is 5.69 Å². The van der Waals surface area contributed by atoms with Gasteiger partial charge in [-0.1, -0.05) is 29.8 Å². The lowest BCUT2D eigenvalue weighted by Gasteiger charge is -2.20. The summed E-state index contributed by atoms with van der Waals surface area (Å²) in [4.78, 5) is 25.8. The van der Waals surface area contributed by atoms with E-state index in [1.807, 2.05) is 37.3 Å². The monoisotopic (exact) mass is 313 g/mol. The van der Waals surface area contributed by atoms with Gasteiger partial charge in [-0.15, -0.1) is 0 Å². The van der Waals surface area contributed by atoms with Crippen LogP contribution < -0.4 is 4.90 Å². The molecule has 5 nitrogen and oxygen atoms in total. The SMILES string of the molecule is CCN(C(=O)COC(=O)c1cc(C)ccc1O)c1ccccc1. The fourth-order valence-electron chi connectivity index (χ4n) is 2.21. The molecule has 0 heterocycles. The number of likely N-dealkylation sites (N-methyl/N-ethyl adjacent to an activating group) is 1. The van der Waals surface area contributed by atoms with E-state index >= 15 is 0 Å². The summed E-state index contributed by atoms with van der Waals surface area (Å²) in [6, 6.07) is 13.8. The quantitative estimate of drug-likeness (QED) is 0.862. The van der Waals surface area contributed by atoms with Crippen molar-refractivity contribution in [3.63, 3.8) is 0 Å². The Morgan fingerprint density at radius 3 is 2.48 bits per heavy atom. The van der Waals surface area contributed by atoms with Crippen molar-refractivity contribution in [2.45, 2.75) is 13.8 Å². The van der Waals surface area contributed by atoms with Crippen LogP contribution in [0.25, 0.3) is 0 Å². The highest BCUT2D eigenvalue weighted by molar-refractivity contribution is 5.98. The fraction of sp³-hybridized carbons (Fsp3) is 0.222. The lowest BCUT2D eigenvalue weighted by Crippen LogP contribution is -2.34. The predicted molar refractivity (Wildman–Crippen MR) is 87.6 cm³/mol. The van der Waals surface area contributed by atoms with E-state index in [9.17, 15) is 14.7 Å². The van der Waals surface area contributed by atoms with Gasteiger partial charge in [-0.05, 0) is 38.1 Å². The molecule has 0 bridgehead atoms. The molecule has 0 saturated carbocycles. The van der Waals surface area contributed by atoms with E-state index in [2.05, 4.69) is 0 Å². The summed E-state index contributed by atoms with van der Waals surface area (Å²) in [6.45, 7) is 3.74. The number of rotatable bonds is 5. The number of benzene rings is 2. The second kappa shape index (κ2) is 7.45. The number of nitrogens with zero attached hydrogens (tertiary/aromatic N) is 1. The number of hydrogen-bond acceptors (Lipinski definition) is 4. The molecule has 0 aromatic heterocycles. The Labute approximate surface area is 135 Å². The van der Waals surface area contributed by atoms with Crippen LogP contribution in [-0.2, 0) is 9.53 Å². The number of ether oxygens (including phenoxy) is 1. The molecule has 0 saturated heterocycles. The fourth-order valence-corrected chi connectivity index (χ4v) is 2.21.